The average Bonchev–Trinajstić information content (AvgIpc) is 2.62. The Kier molecular flexibility index (Phi) is 5.14. The fraction of sp³-hybridized carbons (Fsp3) is 0.400. The van der Waals surface area contributed by atoms with E-state index in [4.69, 9.17) is 4.74 Å². The highest BCUT2D eigenvalue weighted by atomic mass is 16.5. The van der Waals surface area contributed by atoms with Crippen molar-refractivity contribution in [3.8, 4) is 0 Å². The third kappa shape index (κ3) is 3.75. The average molecular weight is 325 g/mol. The summed E-state index contributed by atoms with van der Waals surface area (Å²) >= 11 is 0. The number of esters is 1. The van der Waals surface area contributed by atoms with Crippen LogP contribution >= 0.6 is 0 Å². The summed E-state index contributed by atoms with van der Waals surface area (Å²) in [6.07, 6.45) is 2.03. The number of carbonyl (C=O) groups is 2. The lowest BCUT2D eigenvalue weighted by Gasteiger charge is -2.31. The molecule has 0 aromatic heterocycles. The molecular formula is C20H23NO3. The van der Waals surface area contributed by atoms with E-state index in [1.54, 1.807) is 4.90 Å². The second kappa shape index (κ2) is 7.47. The molecule has 4 heteroatoms. The first-order valence-corrected chi connectivity index (χ1v) is 8.59. The predicted octanol–water partition coefficient (Wildman–Crippen LogP) is 3.18. The molecule has 0 aliphatic carbocycles. The topological polar surface area (TPSA) is 46.6 Å². The summed E-state index contributed by atoms with van der Waals surface area (Å²) in [7, 11) is 0. The molecule has 0 spiro atoms. The fourth-order valence-corrected chi connectivity index (χ4v) is 3.29. The number of rotatable bonds is 4. The summed E-state index contributed by atoms with van der Waals surface area (Å²) in [6, 6.07) is 14.3. The number of hydrogen-bond donors (Lipinski definition) is 0. The lowest BCUT2D eigenvalue weighted by atomic mass is 9.97. The van der Waals surface area contributed by atoms with Gasteiger partial charge in [0.2, 0.25) is 5.91 Å². The molecule has 3 rings (SSSR count). The lowest BCUT2D eigenvalue weighted by molar-refractivity contribution is -0.151. The first kappa shape index (κ1) is 16.5. The molecule has 24 heavy (non-hydrogen) atoms. The van der Waals surface area contributed by atoms with Crippen molar-refractivity contribution < 1.29 is 14.3 Å². The van der Waals surface area contributed by atoms with Crippen LogP contribution in [0, 0.1) is 5.92 Å². The quantitative estimate of drug-likeness (QED) is 0.811. The largest absolute Gasteiger partial charge is 0.466 e. The van der Waals surface area contributed by atoms with Crippen molar-refractivity contribution in [1.82, 2.24) is 4.90 Å². The molecule has 0 radical (unpaired) electrons. The lowest BCUT2D eigenvalue weighted by Crippen LogP contribution is -2.43. The zero-order valence-corrected chi connectivity index (χ0v) is 14.0. The molecule has 1 fully saturated rings. The van der Waals surface area contributed by atoms with Gasteiger partial charge < -0.3 is 9.64 Å². The molecule has 2 aromatic rings. The van der Waals surface area contributed by atoms with Crippen molar-refractivity contribution in [2.45, 2.75) is 26.2 Å². The molecule has 126 valence electrons. The van der Waals surface area contributed by atoms with Crippen molar-refractivity contribution >= 4 is 22.6 Å². The van der Waals surface area contributed by atoms with Crippen molar-refractivity contribution in [3.05, 3.63) is 48.0 Å². The molecule has 1 heterocycles. The Morgan fingerprint density at radius 2 is 1.96 bits per heavy atom. The van der Waals surface area contributed by atoms with E-state index < -0.39 is 0 Å². The van der Waals surface area contributed by atoms with E-state index in [1.807, 2.05) is 25.1 Å². The molecule has 0 saturated carbocycles. The van der Waals surface area contributed by atoms with Crippen LogP contribution in [0.4, 0.5) is 0 Å². The summed E-state index contributed by atoms with van der Waals surface area (Å²) in [4.78, 5) is 26.3. The number of amides is 1. The summed E-state index contributed by atoms with van der Waals surface area (Å²) in [5.41, 5.74) is 1.01. The van der Waals surface area contributed by atoms with Gasteiger partial charge in [0, 0.05) is 13.1 Å². The van der Waals surface area contributed by atoms with E-state index in [2.05, 4.69) is 24.3 Å². The molecule has 1 saturated heterocycles. The third-order valence-corrected chi connectivity index (χ3v) is 4.56. The maximum absolute atomic E-state index is 12.6. The van der Waals surface area contributed by atoms with Gasteiger partial charge in [-0.05, 0) is 36.1 Å². The van der Waals surface area contributed by atoms with Crippen molar-refractivity contribution in [2.75, 3.05) is 19.7 Å². The monoisotopic (exact) mass is 325 g/mol. The van der Waals surface area contributed by atoms with Crippen molar-refractivity contribution in [1.29, 1.82) is 0 Å². The van der Waals surface area contributed by atoms with Gasteiger partial charge in [-0.15, -0.1) is 0 Å². The van der Waals surface area contributed by atoms with Gasteiger partial charge in [-0.3, -0.25) is 9.59 Å². The van der Waals surface area contributed by atoms with Gasteiger partial charge in [0.1, 0.15) is 0 Å². The van der Waals surface area contributed by atoms with Crippen molar-refractivity contribution in [3.63, 3.8) is 0 Å². The second-order valence-electron chi connectivity index (χ2n) is 6.29. The predicted molar refractivity (Wildman–Crippen MR) is 93.6 cm³/mol. The van der Waals surface area contributed by atoms with E-state index in [9.17, 15) is 9.59 Å². The third-order valence-electron chi connectivity index (χ3n) is 4.56. The molecule has 0 bridgehead atoms. The van der Waals surface area contributed by atoms with Crippen LogP contribution in [0.3, 0.4) is 0 Å². The number of piperidine rings is 1. The number of hydrogen-bond acceptors (Lipinski definition) is 3. The molecule has 4 nitrogen and oxygen atoms in total. The zero-order valence-electron chi connectivity index (χ0n) is 14.0. The fourth-order valence-electron chi connectivity index (χ4n) is 3.29. The van der Waals surface area contributed by atoms with Crippen LogP contribution in [-0.4, -0.2) is 36.5 Å². The summed E-state index contributed by atoms with van der Waals surface area (Å²) in [5, 5.41) is 2.32. The number of nitrogens with zero attached hydrogens (tertiary/aromatic N) is 1. The van der Waals surface area contributed by atoms with Gasteiger partial charge in [-0.1, -0.05) is 42.5 Å². The Bertz CT molecular complexity index is 740. The molecule has 1 aliphatic rings. The molecule has 2 aromatic carbocycles. The Labute approximate surface area is 142 Å². The van der Waals surface area contributed by atoms with Crippen LogP contribution in [0.5, 0.6) is 0 Å². The first-order chi connectivity index (χ1) is 11.7. The Morgan fingerprint density at radius 3 is 2.75 bits per heavy atom. The van der Waals surface area contributed by atoms with Crippen molar-refractivity contribution in [2.24, 2.45) is 5.92 Å². The maximum Gasteiger partial charge on any atom is 0.310 e. The van der Waals surface area contributed by atoms with Gasteiger partial charge in [0.05, 0.1) is 18.9 Å². The zero-order chi connectivity index (χ0) is 16.9. The highest BCUT2D eigenvalue weighted by Gasteiger charge is 2.29. The molecular weight excluding hydrogens is 302 g/mol. The summed E-state index contributed by atoms with van der Waals surface area (Å²) in [6.45, 7) is 3.40. The standard InChI is InChI=1S/C20H23NO3/c1-2-24-20(23)18-8-5-11-21(14-18)19(22)13-15-9-10-16-6-3-4-7-17(16)12-15/h3-4,6-7,9-10,12,18H,2,5,8,11,13-14H2,1H3/t18-/m0/s1. The number of carbonyl (C=O) groups excluding carboxylic acids is 2. The van der Waals surface area contributed by atoms with Gasteiger partial charge >= 0.3 is 5.97 Å². The highest BCUT2D eigenvalue weighted by molar-refractivity contribution is 5.85. The smallest absolute Gasteiger partial charge is 0.310 e. The minimum absolute atomic E-state index is 0.0827. The highest BCUT2D eigenvalue weighted by Crippen LogP contribution is 2.20. The van der Waals surface area contributed by atoms with E-state index in [0.717, 1.165) is 30.3 Å². The first-order valence-electron chi connectivity index (χ1n) is 8.59. The van der Waals surface area contributed by atoms with Crippen LogP contribution in [0.15, 0.2) is 42.5 Å². The Hall–Kier alpha value is -2.36. The van der Waals surface area contributed by atoms with E-state index in [0.29, 0.717) is 19.6 Å². The molecule has 1 amide bonds. The molecule has 0 N–H and O–H groups in total. The number of fused-ring (bicyclic) bond motifs is 1. The van der Waals surface area contributed by atoms with E-state index in [-0.39, 0.29) is 17.8 Å². The van der Waals surface area contributed by atoms with Crippen LogP contribution in [0.2, 0.25) is 0 Å². The van der Waals surface area contributed by atoms with E-state index >= 15 is 0 Å². The summed E-state index contributed by atoms with van der Waals surface area (Å²) < 4.78 is 5.10. The van der Waals surface area contributed by atoms with E-state index in [1.165, 1.54) is 5.39 Å². The van der Waals surface area contributed by atoms with Gasteiger partial charge in [0.15, 0.2) is 0 Å². The Morgan fingerprint density at radius 1 is 1.17 bits per heavy atom. The molecule has 1 aliphatic heterocycles. The summed E-state index contributed by atoms with van der Waals surface area (Å²) in [5.74, 6) is -0.278. The Balaban J connectivity index is 1.65. The maximum atomic E-state index is 12.6. The minimum Gasteiger partial charge on any atom is -0.466 e. The minimum atomic E-state index is -0.181. The van der Waals surface area contributed by atoms with Crippen LogP contribution in [0.1, 0.15) is 25.3 Å². The molecule has 1 atom stereocenters. The number of benzene rings is 2. The van der Waals surface area contributed by atoms with Gasteiger partial charge in [0.25, 0.3) is 0 Å². The van der Waals surface area contributed by atoms with Gasteiger partial charge in [-0.2, -0.15) is 0 Å². The number of ether oxygens (including phenoxy) is 1. The van der Waals surface area contributed by atoms with Crippen LogP contribution < -0.4 is 0 Å². The van der Waals surface area contributed by atoms with Crippen LogP contribution in [-0.2, 0) is 20.7 Å². The second-order valence-corrected chi connectivity index (χ2v) is 6.29. The SMILES string of the molecule is CCOC(=O)[C@H]1CCCN(C(=O)Cc2ccc3ccccc3c2)C1. The molecule has 0 unspecified atom stereocenters. The van der Waals surface area contributed by atoms with Crippen LogP contribution in [0.25, 0.3) is 10.8 Å². The van der Waals surface area contributed by atoms with Gasteiger partial charge in [-0.25, -0.2) is 0 Å². The number of likely N-dealkylation sites (tertiary alicyclic amines) is 1. The normalized spacial score (nSPS) is 17.7.